The first-order valence-electron chi connectivity index (χ1n) is 11.6. The molecule has 0 aliphatic carbocycles. The summed E-state index contributed by atoms with van der Waals surface area (Å²) in [7, 11) is 0. The number of carbonyl (C=O) groups is 1. The minimum Gasteiger partial charge on any atom is -0.372 e. The smallest absolute Gasteiger partial charge is 0.227 e. The number of anilines is 2. The Balaban J connectivity index is 1.11. The summed E-state index contributed by atoms with van der Waals surface area (Å²) in [6, 6.07) is 16.1. The standard InChI is InChI=1S/C25H28ClN5O2/c26-20-4-3-5-22(18-20)30-14-16-31(17-15-30)24(32)11-10-23-27-25(28-33-23)19-6-8-21(9-7-19)29-12-1-2-13-29/h3-9,18H,1-2,10-17H2. The van der Waals surface area contributed by atoms with E-state index in [4.69, 9.17) is 16.1 Å². The second-order valence-electron chi connectivity index (χ2n) is 8.60. The highest BCUT2D eigenvalue weighted by atomic mass is 35.5. The number of carbonyl (C=O) groups excluding carboxylic acids is 1. The van der Waals surface area contributed by atoms with Crippen LogP contribution in [0.2, 0.25) is 5.02 Å². The van der Waals surface area contributed by atoms with Crippen molar-refractivity contribution < 1.29 is 9.32 Å². The van der Waals surface area contributed by atoms with Gasteiger partial charge in [0.25, 0.3) is 0 Å². The Hall–Kier alpha value is -3.06. The Labute approximate surface area is 198 Å². The zero-order valence-electron chi connectivity index (χ0n) is 18.6. The third kappa shape index (κ3) is 5.14. The van der Waals surface area contributed by atoms with Crippen LogP contribution in [0.25, 0.3) is 11.4 Å². The maximum atomic E-state index is 12.7. The average molecular weight is 466 g/mol. The van der Waals surface area contributed by atoms with Crippen LogP contribution in [0.3, 0.4) is 0 Å². The average Bonchev–Trinajstić information content (AvgIpc) is 3.55. The summed E-state index contributed by atoms with van der Waals surface area (Å²) in [5, 5.41) is 4.84. The highest BCUT2D eigenvalue weighted by molar-refractivity contribution is 6.30. The topological polar surface area (TPSA) is 65.7 Å². The Morgan fingerprint density at radius 2 is 1.64 bits per heavy atom. The summed E-state index contributed by atoms with van der Waals surface area (Å²) in [6.45, 7) is 5.23. The van der Waals surface area contributed by atoms with Crippen LogP contribution in [0.1, 0.15) is 25.2 Å². The van der Waals surface area contributed by atoms with Crippen molar-refractivity contribution in [3.63, 3.8) is 0 Å². The lowest BCUT2D eigenvalue weighted by molar-refractivity contribution is -0.131. The first kappa shape index (κ1) is 21.8. The maximum absolute atomic E-state index is 12.7. The van der Waals surface area contributed by atoms with Crippen LogP contribution in [0.4, 0.5) is 11.4 Å². The predicted octanol–water partition coefficient (Wildman–Crippen LogP) is 4.27. The van der Waals surface area contributed by atoms with Gasteiger partial charge in [0.05, 0.1) is 0 Å². The van der Waals surface area contributed by atoms with E-state index in [1.54, 1.807) is 0 Å². The molecular formula is C25H28ClN5O2. The molecule has 0 radical (unpaired) electrons. The van der Waals surface area contributed by atoms with E-state index >= 15 is 0 Å². The van der Waals surface area contributed by atoms with E-state index in [1.807, 2.05) is 35.2 Å². The Kier molecular flexibility index (Phi) is 6.48. The van der Waals surface area contributed by atoms with Gasteiger partial charge in [-0.15, -0.1) is 0 Å². The van der Waals surface area contributed by atoms with Gasteiger partial charge in [0, 0.05) is 74.1 Å². The molecule has 8 heteroatoms. The molecule has 1 aromatic heterocycles. The number of hydrogen-bond acceptors (Lipinski definition) is 6. The van der Waals surface area contributed by atoms with Crippen molar-refractivity contribution in [3.8, 4) is 11.4 Å². The van der Waals surface area contributed by atoms with E-state index < -0.39 is 0 Å². The SMILES string of the molecule is O=C(CCc1nc(-c2ccc(N3CCCC3)cc2)no1)N1CCN(c2cccc(Cl)c2)CC1. The molecule has 2 aliphatic heterocycles. The van der Waals surface area contributed by atoms with Crippen molar-refractivity contribution in [2.75, 3.05) is 49.1 Å². The van der Waals surface area contributed by atoms with Gasteiger partial charge in [0.2, 0.25) is 17.6 Å². The van der Waals surface area contributed by atoms with E-state index in [9.17, 15) is 4.79 Å². The van der Waals surface area contributed by atoms with Gasteiger partial charge in [0.1, 0.15) is 0 Å². The van der Waals surface area contributed by atoms with Gasteiger partial charge in [0.15, 0.2) is 0 Å². The number of nitrogens with zero attached hydrogens (tertiary/aromatic N) is 5. The Morgan fingerprint density at radius 1 is 0.909 bits per heavy atom. The van der Waals surface area contributed by atoms with E-state index in [0.717, 1.165) is 42.5 Å². The van der Waals surface area contributed by atoms with Crippen molar-refractivity contribution in [1.29, 1.82) is 0 Å². The zero-order valence-corrected chi connectivity index (χ0v) is 19.4. The van der Waals surface area contributed by atoms with Crippen LogP contribution in [0, 0.1) is 0 Å². The highest BCUT2D eigenvalue weighted by Gasteiger charge is 2.22. The lowest BCUT2D eigenvalue weighted by Gasteiger charge is -2.36. The van der Waals surface area contributed by atoms with Crippen LogP contribution in [-0.2, 0) is 11.2 Å². The van der Waals surface area contributed by atoms with Gasteiger partial charge in [-0.25, -0.2) is 0 Å². The van der Waals surface area contributed by atoms with Gasteiger partial charge in [-0.05, 0) is 55.3 Å². The number of rotatable bonds is 6. The molecule has 2 aliphatic rings. The molecule has 0 atom stereocenters. The fourth-order valence-corrected chi connectivity index (χ4v) is 4.71. The number of hydrogen-bond donors (Lipinski definition) is 0. The number of piperazine rings is 1. The molecule has 1 amide bonds. The number of benzene rings is 2. The summed E-state index contributed by atoms with van der Waals surface area (Å²) in [5.74, 6) is 1.19. The molecule has 0 N–H and O–H groups in total. The van der Waals surface area contributed by atoms with E-state index in [1.165, 1.54) is 18.5 Å². The molecule has 3 heterocycles. The summed E-state index contributed by atoms with van der Waals surface area (Å²) >= 11 is 6.10. The number of amides is 1. The minimum absolute atomic E-state index is 0.121. The maximum Gasteiger partial charge on any atom is 0.227 e. The summed E-state index contributed by atoms with van der Waals surface area (Å²) < 4.78 is 5.41. The van der Waals surface area contributed by atoms with Gasteiger partial charge >= 0.3 is 0 Å². The Morgan fingerprint density at radius 3 is 2.36 bits per heavy atom. The molecule has 172 valence electrons. The van der Waals surface area contributed by atoms with Crippen LogP contribution in [-0.4, -0.2) is 60.2 Å². The van der Waals surface area contributed by atoms with E-state index in [0.29, 0.717) is 37.6 Å². The highest BCUT2D eigenvalue weighted by Crippen LogP contribution is 2.24. The molecule has 33 heavy (non-hydrogen) atoms. The van der Waals surface area contributed by atoms with E-state index in [2.05, 4.69) is 38.1 Å². The third-order valence-electron chi connectivity index (χ3n) is 6.42. The van der Waals surface area contributed by atoms with Crippen LogP contribution < -0.4 is 9.80 Å². The second-order valence-corrected chi connectivity index (χ2v) is 9.04. The monoisotopic (exact) mass is 465 g/mol. The third-order valence-corrected chi connectivity index (χ3v) is 6.66. The van der Waals surface area contributed by atoms with Crippen LogP contribution in [0.5, 0.6) is 0 Å². The second kappa shape index (κ2) is 9.83. The molecule has 5 rings (SSSR count). The molecular weight excluding hydrogens is 438 g/mol. The fraction of sp³-hybridized carbons (Fsp3) is 0.400. The largest absolute Gasteiger partial charge is 0.372 e. The van der Waals surface area contributed by atoms with E-state index in [-0.39, 0.29) is 5.91 Å². The van der Waals surface area contributed by atoms with Crippen LogP contribution >= 0.6 is 11.6 Å². The molecule has 0 saturated carbocycles. The molecule has 0 unspecified atom stereocenters. The molecule has 2 aromatic carbocycles. The van der Waals surface area contributed by atoms with Crippen molar-refractivity contribution in [2.24, 2.45) is 0 Å². The zero-order chi connectivity index (χ0) is 22.6. The predicted molar refractivity (Wildman–Crippen MR) is 130 cm³/mol. The number of aryl methyl sites for hydroxylation is 1. The normalized spacial score (nSPS) is 16.5. The first-order valence-corrected chi connectivity index (χ1v) is 12.0. The van der Waals surface area contributed by atoms with Crippen molar-refractivity contribution in [2.45, 2.75) is 25.7 Å². The molecule has 2 saturated heterocycles. The van der Waals surface area contributed by atoms with Gasteiger partial charge in [-0.3, -0.25) is 4.79 Å². The summed E-state index contributed by atoms with van der Waals surface area (Å²) in [6.07, 6.45) is 3.33. The Bertz CT molecular complexity index is 1090. The summed E-state index contributed by atoms with van der Waals surface area (Å²) in [5.41, 5.74) is 3.26. The summed E-state index contributed by atoms with van der Waals surface area (Å²) in [4.78, 5) is 23.8. The first-order chi connectivity index (χ1) is 16.2. The molecule has 0 bridgehead atoms. The van der Waals surface area contributed by atoms with Crippen molar-refractivity contribution >= 4 is 28.9 Å². The molecule has 2 fully saturated rings. The van der Waals surface area contributed by atoms with Crippen molar-refractivity contribution in [3.05, 3.63) is 59.4 Å². The number of aromatic nitrogens is 2. The fourth-order valence-electron chi connectivity index (χ4n) is 4.53. The quantitative estimate of drug-likeness (QED) is 0.541. The lowest BCUT2D eigenvalue weighted by atomic mass is 10.2. The van der Waals surface area contributed by atoms with Gasteiger partial charge in [-0.2, -0.15) is 4.98 Å². The minimum atomic E-state index is 0.121. The lowest BCUT2D eigenvalue weighted by Crippen LogP contribution is -2.48. The molecule has 3 aromatic rings. The number of halogens is 1. The van der Waals surface area contributed by atoms with Crippen LogP contribution in [0.15, 0.2) is 53.1 Å². The molecule has 0 spiro atoms. The molecule has 7 nitrogen and oxygen atoms in total. The van der Waals surface area contributed by atoms with Gasteiger partial charge < -0.3 is 19.2 Å². The van der Waals surface area contributed by atoms with Crippen molar-refractivity contribution in [1.82, 2.24) is 15.0 Å². The van der Waals surface area contributed by atoms with Gasteiger partial charge in [-0.1, -0.05) is 22.8 Å².